The number of aromatic nitrogens is 2. The summed E-state index contributed by atoms with van der Waals surface area (Å²) in [6, 6.07) is 16.7. The van der Waals surface area contributed by atoms with Crippen LogP contribution >= 0.6 is 0 Å². The first-order chi connectivity index (χ1) is 13.7. The molecule has 1 atom stereocenters. The highest BCUT2D eigenvalue weighted by molar-refractivity contribution is 5.63. The van der Waals surface area contributed by atoms with Crippen LogP contribution in [-0.4, -0.2) is 30.2 Å². The lowest BCUT2D eigenvalue weighted by Crippen LogP contribution is -2.22. The molecule has 0 bridgehead atoms. The van der Waals surface area contributed by atoms with Crippen molar-refractivity contribution < 1.29 is 9.47 Å². The van der Waals surface area contributed by atoms with Gasteiger partial charge in [0.25, 0.3) is 0 Å². The molecule has 1 unspecified atom stereocenters. The second-order valence-corrected chi connectivity index (χ2v) is 7.09. The fourth-order valence-electron chi connectivity index (χ4n) is 3.76. The monoisotopic (exact) mass is 375 g/mol. The number of fused-ring (bicyclic) bond motifs is 1. The minimum atomic E-state index is 0.340. The van der Waals surface area contributed by atoms with Gasteiger partial charge in [-0.3, -0.25) is 0 Å². The summed E-state index contributed by atoms with van der Waals surface area (Å²) in [6.07, 6.45) is 5.97. The maximum atomic E-state index is 5.41. The van der Waals surface area contributed by atoms with E-state index in [1.54, 1.807) is 20.5 Å². The summed E-state index contributed by atoms with van der Waals surface area (Å²) in [6.45, 7) is 0. The van der Waals surface area contributed by atoms with E-state index in [1.165, 1.54) is 11.1 Å². The van der Waals surface area contributed by atoms with Crippen molar-refractivity contribution in [2.45, 2.75) is 31.7 Å². The lowest BCUT2D eigenvalue weighted by Gasteiger charge is -2.18. The molecule has 1 aliphatic rings. The van der Waals surface area contributed by atoms with E-state index in [-0.39, 0.29) is 0 Å². The number of benzene rings is 2. The molecule has 1 aliphatic carbocycles. The summed E-state index contributed by atoms with van der Waals surface area (Å²) < 4.78 is 10.6. The van der Waals surface area contributed by atoms with Gasteiger partial charge in [-0.2, -0.15) is 0 Å². The van der Waals surface area contributed by atoms with Crippen molar-refractivity contribution in [2.24, 2.45) is 0 Å². The highest BCUT2D eigenvalue weighted by Crippen LogP contribution is 2.27. The van der Waals surface area contributed by atoms with E-state index in [9.17, 15) is 0 Å². The SMILES string of the molecule is COc1ccc(-c2cc(NC3CCCc4ccc(OC)cc4C3)ncn2)cc1. The summed E-state index contributed by atoms with van der Waals surface area (Å²) in [5.74, 6) is 2.61. The average Bonchev–Trinajstić information content (AvgIpc) is 2.95. The van der Waals surface area contributed by atoms with E-state index in [2.05, 4.69) is 33.5 Å². The number of methoxy groups -OCH3 is 2. The van der Waals surface area contributed by atoms with Crippen molar-refractivity contribution >= 4 is 5.82 Å². The second kappa shape index (κ2) is 8.30. The zero-order valence-electron chi connectivity index (χ0n) is 16.3. The molecular formula is C23H25N3O2. The molecule has 0 saturated carbocycles. The minimum Gasteiger partial charge on any atom is -0.497 e. The summed E-state index contributed by atoms with van der Waals surface area (Å²) in [4.78, 5) is 8.87. The molecule has 1 N–H and O–H groups in total. The molecule has 1 aromatic heterocycles. The first-order valence-electron chi connectivity index (χ1n) is 9.64. The smallest absolute Gasteiger partial charge is 0.130 e. The lowest BCUT2D eigenvalue weighted by molar-refractivity contribution is 0.414. The third-order valence-corrected chi connectivity index (χ3v) is 5.28. The minimum absolute atomic E-state index is 0.340. The Kier molecular flexibility index (Phi) is 5.42. The third kappa shape index (κ3) is 4.09. The van der Waals surface area contributed by atoms with Gasteiger partial charge in [0.1, 0.15) is 23.6 Å². The molecule has 5 heteroatoms. The molecule has 28 heavy (non-hydrogen) atoms. The quantitative estimate of drug-likeness (QED) is 0.665. The van der Waals surface area contributed by atoms with Crippen LogP contribution in [0.4, 0.5) is 5.82 Å². The first kappa shape index (κ1) is 18.3. The summed E-state index contributed by atoms with van der Waals surface area (Å²) in [5.41, 5.74) is 4.73. The van der Waals surface area contributed by atoms with Gasteiger partial charge in [0, 0.05) is 17.7 Å². The number of aryl methyl sites for hydroxylation is 1. The van der Waals surface area contributed by atoms with Gasteiger partial charge in [0.15, 0.2) is 0 Å². The fraction of sp³-hybridized carbons (Fsp3) is 0.304. The Morgan fingerprint density at radius 3 is 2.46 bits per heavy atom. The number of anilines is 1. The van der Waals surface area contributed by atoms with Gasteiger partial charge in [-0.15, -0.1) is 0 Å². The molecule has 5 nitrogen and oxygen atoms in total. The number of ether oxygens (including phenoxy) is 2. The molecule has 4 rings (SSSR count). The molecular weight excluding hydrogens is 350 g/mol. The van der Waals surface area contributed by atoms with Crippen LogP contribution in [0.5, 0.6) is 11.5 Å². The van der Waals surface area contributed by atoms with Gasteiger partial charge < -0.3 is 14.8 Å². The van der Waals surface area contributed by atoms with Crippen molar-refractivity contribution in [2.75, 3.05) is 19.5 Å². The number of hydrogen-bond donors (Lipinski definition) is 1. The van der Waals surface area contributed by atoms with Crippen LogP contribution < -0.4 is 14.8 Å². The molecule has 0 fully saturated rings. The Labute approximate surface area is 165 Å². The Morgan fingerprint density at radius 2 is 1.68 bits per heavy atom. The Bertz CT molecular complexity index is 941. The Balaban J connectivity index is 1.52. The van der Waals surface area contributed by atoms with E-state index >= 15 is 0 Å². The van der Waals surface area contributed by atoms with E-state index in [4.69, 9.17) is 9.47 Å². The van der Waals surface area contributed by atoms with E-state index in [0.29, 0.717) is 6.04 Å². The zero-order valence-corrected chi connectivity index (χ0v) is 16.3. The van der Waals surface area contributed by atoms with Crippen molar-refractivity contribution in [3.05, 3.63) is 66.0 Å². The maximum Gasteiger partial charge on any atom is 0.130 e. The van der Waals surface area contributed by atoms with Gasteiger partial charge in [-0.1, -0.05) is 6.07 Å². The summed E-state index contributed by atoms with van der Waals surface area (Å²) in [7, 11) is 3.39. The third-order valence-electron chi connectivity index (χ3n) is 5.28. The number of nitrogens with one attached hydrogen (secondary N) is 1. The van der Waals surface area contributed by atoms with Crippen molar-refractivity contribution in [3.8, 4) is 22.8 Å². The second-order valence-electron chi connectivity index (χ2n) is 7.09. The summed E-state index contributed by atoms with van der Waals surface area (Å²) >= 11 is 0. The van der Waals surface area contributed by atoms with E-state index in [1.807, 2.05) is 30.3 Å². The highest BCUT2D eigenvalue weighted by atomic mass is 16.5. The van der Waals surface area contributed by atoms with Crippen LogP contribution in [0.15, 0.2) is 54.9 Å². The van der Waals surface area contributed by atoms with Gasteiger partial charge in [-0.05, 0) is 73.2 Å². The molecule has 0 spiro atoms. The van der Waals surface area contributed by atoms with Crippen LogP contribution in [0, 0.1) is 0 Å². The topological polar surface area (TPSA) is 56.3 Å². The van der Waals surface area contributed by atoms with Crippen molar-refractivity contribution in [1.29, 1.82) is 0 Å². The lowest BCUT2D eigenvalue weighted by atomic mass is 10.0. The normalized spacial score (nSPS) is 16.0. The first-order valence-corrected chi connectivity index (χ1v) is 9.64. The van der Waals surface area contributed by atoms with Gasteiger partial charge >= 0.3 is 0 Å². The highest BCUT2D eigenvalue weighted by Gasteiger charge is 2.18. The Hall–Kier alpha value is -3.08. The van der Waals surface area contributed by atoms with E-state index in [0.717, 1.165) is 54.3 Å². The van der Waals surface area contributed by atoms with Crippen molar-refractivity contribution in [3.63, 3.8) is 0 Å². The number of rotatable bonds is 5. The number of nitrogens with zero attached hydrogens (tertiary/aromatic N) is 2. The molecule has 144 valence electrons. The van der Waals surface area contributed by atoms with Crippen LogP contribution in [-0.2, 0) is 12.8 Å². The zero-order chi connectivity index (χ0) is 19.3. The van der Waals surface area contributed by atoms with Crippen LogP contribution in [0.2, 0.25) is 0 Å². The van der Waals surface area contributed by atoms with E-state index < -0.39 is 0 Å². The molecule has 0 amide bonds. The standard InChI is InChI=1S/C23H25N3O2/c1-27-20-9-7-17(8-10-20)22-14-23(25-15-24-22)26-19-5-3-4-16-6-11-21(28-2)13-18(16)12-19/h6-11,13-15,19H,3-5,12H2,1-2H3,(H,24,25,26). The maximum absolute atomic E-state index is 5.41. The summed E-state index contributed by atoms with van der Waals surface area (Å²) in [5, 5.41) is 3.62. The van der Waals surface area contributed by atoms with Gasteiger partial charge in [0.05, 0.1) is 19.9 Å². The van der Waals surface area contributed by atoms with Gasteiger partial charge in [-0.25, -0.2) is 9.97 Å². The Morgan fingerprint density at radius 1 is 0.893 bits per heavy atom. The number of hydrogen-bond acceptors (Lipinski definition) is 5. The predicted octanol–water partition coefficient (Wildman–Crippen LogP) is 4.52. The van der Waals surface area contributed by atoms with Crippen LogP contribution in [0.3, 0.4) is 0 Å². The molecule has 0 aliphatic heterocycles. The van der Waals surface area contributed by atoms with Crippen LogP contribution in [0.25, 0.3) is 11.3 Å². The van der Waals surface area contributed by atoms with Crippen LogP contribution in [0.1, 0.15) is 24.0 Å². The van der Waals surface area contributed by atoms with Crippen molar-refractivity contribution in [1.82, 2.24) is 9.97 Å². The van der Waals surface area contributed by atoms with Gasteiger partial charge in [0.2, 0.25) is 0 Å². The predicted molar refractivity (Wildman–Crippen MR) is 111 cm³/mol. The largest absolute Gasteiger partial charge is 0.497 e. The molecule has 0 radical (unpaired) electrons. The molecule has 2 aromatic carbocycles. The fourth-order valence-corrected chi connectivity index (χ4v) is 3.76. The molecule has 0 saturated heterocycles. The average molecular weight is 375 g/mol. The molecule has 1 heterocycles. The molecule has 3 aromatic rings.